The van der Waals surface area contributed by atoms with E-state index in [1.165, 1.54) is 0 Å². The maximum Gasteiger partial charge on any atom is 0.409 e. The molecule has 0 bridgehead atoms. The molecular weight excluding hydrogens is 322 g/mol. The first-order valence-electron chi connectivity index (χ1n) is 9.54. The molecule has 7 nitrogen and oxygen atoms in total. The molecule has 0 aromatic rings. The Morgan fingerprint density at radius 2 is 1.60 bits per heavy atom. The zero-order chi connectivity index (χ0) is 18.7. The van der Waals surface area contributed by atoms with E-state index in [1.807, 2.05) is 0 Å². The third-order valence-electron chi connectivity index (χ3n) is 4.40. The summed E-state index contributed by atoms with van der Waals surface area (Å²) < 4.78 is 4.98. The number of rotatable bonds is 8. The van der Waals surface area contributed by atoms with Crippen LogP contribution < -0.4 is 5.32 Å². The largest absolute Gasteiger partial charge is 0.450 e. The van der Waals surface area contributed by atoms with Gasteiger partial charge < -0.3 is 19.9 Å². The maximum atomic E-state index is 12.4. The van der Waals surface area contributed by atoms with Gasteiger partial charge in [0.05, 0.1) is 6.61 Å². The summed E-state index contributed by atoms with van der Waals surface area (Å²) in [5.74, 6) is -0.962. The van der Waals surface area contributed by atoms with E-state index < -0.39 is 11.8 Å². The van der Waals surface area contributed by atoms with E-state index in [1.54, 1.807) is 16.7 Å². The van der Waals surface area contributed by atoms with Crippen LogP contribution in [0.5, 0.6) is 0 Å². The summed E-state index contributed by atoms with van der Waals surface area (Å²) in [6, 6.07) is -0.0682. The summed E-state index contributed by atoms with van der Waals surface area (Å²) in [5.41, 5.74) is 0. The molecule has 144 valence electrons. The molecule has 25 heavy (non-hydrogen) atoms. The number of piperidine rings is 1. The molecule has 0 aromatic carbocycles. The van der Waals surface area contributed by atoms with Crippen LogP contribution in [-0.2, 0) is 14.3 Å². The average Bonchev–Trinajstić information content (AvgIpc) is 2.62. The van der Waals surface area contributed by atoms with Crippen molar-refractivity contribution in [2.75, 3.05) is 32.8 Å². The Hall–Kier alpha value is -1.79. The summed E-state index contributed by atoms with van der Waals surface area (Å²) in [4.78, 5) is 39.7. The summed E-state index contributed by atoms with van der Waals surface area (Å²) in [6.45, 7) is 8.60. The fourth-order valence-corrected chi connectivity index (χ4v) is 2.82. The van der Waals surface area contributed by atoms with E-state index in [2.05, 4.69) is 19.2 Å². The Morgan fingerprint density at radius 3 is 2.08 bits per heavy atom. The minimum Gasteiger partial charge on any atom is -0.450 e. The average molecular weight is 355 g/mol. The van der Waals surface area contributed by atoms with Gasteiger partial charge in [0.1, 0.15) is 0 Å². The molecule has 1 N–H and O–H groups in total. The second-order valence-electron chi connectivity index (χ2n) is 6.43. The minimum absolute atomic E-state index is 0.0682. The first kappa shape index (κ1) is 21.3. The molecule has 0 aliphatic carbocycles. The second kappa shape index (κ2) is 11.7. The fraction of sp³-hybridized carbons (Fsp3) is 0.833. The number of carbonyl (C=O) groups excluding carboxylic acids is 3. The maximum absolute atomic E-state index is 12.4. The minimum atomic E-state index is -0.526. The number of amides is 3. The zero-order valence-electron chi connectivity index (χ0n) is 15.9. The van der Waals surface area contributed by atoms with Crippen LogP contribution in [0.2, 0.25) is 0 Å². The van der Waals surface area contributed by atoms with Gasteiger partial charge in [0, 0.05) is 32.2 Å². The van der Waals surface area contributed by atoms with Crippen molar-refractivity contribution in [1.29, 1.82) is 0 Å². The number of unbranched alkanes of at least 4 members (excludes halogenated alkanes) is 2. The predicted molar refractivity (Wildman–Crippen MR) is 96.2 cm³/mol. The summed E-state index contributed by atoms with van der Waals surface area (Å²) >= 11 is 0. The van der Waals surface area contributed by atoms with Crippen LogP contribution in [0.15, 0.2) is 0 Å². The molecule has 1 aliphatic rings. The molecule has 1 aliphatic heterocycles. The molecule has 1 heterocycles. The Morgan fingerprint density at radius 1 is 1.04 bits per heavy atom. The van der Waals surface area contributed by atoms with Gasteiger partial charge in [0.2, 0.25) is 0 Å². The number of ether oxygens (including phenoxy) is 1. The zero-order valence-corrected chi connectivity index (χ0v) is 15.9. The number of likely N-dealkylation sites (tertiary alicyclic amines) is 1. The number of nitrogens with zero attached hydrogens (tertiary/aromatic N) is 2. The van der Waals surface area contributed by atoms with Crippen molar-refractivity contribution < 1.29 is 19.1 Å². The van der Waals surface area contributed by atoms with Gasteiger partial charge in [-0.25, -0.2) is 4.79 Å². The molecular formula is C18H33N3O4. The van der Waals surface area contributed by atoms with Crippen LogP contribution in [0.25, 0.3) is 0 Å². The first-order chi connectivity index (χ1) is 12.0. The fourth-order valence-electron chi connectivity index (χ4n) is 2.82. The van der Waals surface area contributed by atoms with E-state index in [-0.39, 0.29) is 12.1 Å². The highest BCUT2D eigenvalue weighted by Crippen LogP contribution is 2.12. The number of hydrogen-bond acceptors (Lipinski definition) is 4. The standard InChI is InChI=1S/C18H33N3O4/c1-4-7-11-20(12-8-5-2)17(23)16(22)19-15-9-13-21(14-10-15)18(24)25-6-3/h15H,4-14H2,1-3H3,(H,19,22). The van der Waals surface area contributed by atoms with Gasteiger partial charge in [-0.2, -0.15) is 0 Å². The number of nitrogens with one attached hydrogen (secondary N) is 1. The Bertz CT molecular complexity index is 426. The summed E-state index contributed by atoms with van der Waals surface area (Å²) in [5, 5.41) is 2.83. The number of carbonyl (C=O) groups is 3. The van der Waals surface area contributed by atoms with E-state index in [9.17, 15) is 14.4 Å². The summed E-state index contributed by atoms with van der Waals surface area (Å²) in [7, 11) is 0. The highest BCUT2D eigenvalue weighted by Gasteiger charge is 2.28. The number of hydrogen-bond donors (Lipinski definition) is 1. The lowest BCUT2D eigenvalue weighted by Gasteiger charge is -2.32. The highest BCUT2D eigenvalue weighted by atomic mass is 16.6. The van der Waals surface area contributed by atoms with Crippen molar-refractivity contribution in [2.24, 2.45) is 0 Å². The van der Waals surface area contributed by atoms with Crippen LogP contribution >= 0.6 is 0 Å². The molecule has 0 unspecified atom stereocenters. The van der Waals surface area contributed by atoms with Gasteiger partial charge in [-0.15, -0.1) is 0 Å². The smallest absolute Gasteiger partial charge is 0.409 e. The molecule has 1 saturated heterocycles. The SMILES string of the molecule is CCCCN(CCCC)C(=O)C(=O)NC1CCN(C(=O)OCC)CC1. The van der Waals surface area contributed by atoms with Crippen molar-refractivity contribution >= 4 is 17.9 Å². The van der Waals surface area contributed by atoms with Gasteiger partial charge in [-0.05, 0) is 32.6 Å². The van der Waals surface area contributed by atoms with Crippen molar-refractivity contribution in [1.82, 2.24) is 15.1 Å². The predicted octanol–water partition coefficient (Wildman–Crippen LogP) is 2.15. The third-order valence-corrected chi connectivity index (χ3v) is 4.40. The molecule has 0 saturated carbocycles. The van der Waals surface area contributed by atoms with Crippen molar-refractivity contribution in [3.63, 3.8) is 0 Å². The molecule has 0 radical (unpaired) electrons. The van der Waals surface area contributed by atoms with E-state index in [4.69, 9.17) is 4.74 Å². The third kappa shape index (κ3) is 7.32. The lowest BCUT2D eigenvalue weighted by atomic mass is 10.1. The molecule has 0 aromatic heterocycles. The topological polar surface area (TPSA) is 79.0 Å². The van der Waals surface area contributed by atoms with Gasteiger partial charge in [-0.1, -0.05) is 26.7 Å². The molecule has 3 amide bonds. The lowest BCUT2D eigenvalue weighted by molar-refractivity contribution is -0.146. The van der Waals surface area contributed by atoms with Crippen LogP contribution in [0.1, 0.15) is 59.3 Å². The lowest BCUT2D eigenvalue weighted by Crippen LogP contribution is -2.51. The van der Waals surface area contributed by atoms with Crippen LogP contribution in [0.3, 0.4) is 0 Å². The summed E-state index contributed by atoms with van der Waals surface area (Å²) in [6.07, 6.45) is 4.76. The van der Waals surface area contributed by atoms with E-state index >= 15 is 0 Å². The van der Waals surface area contributed by atoms with Gasteiger partial charge >= 0.3 is 17.9 Å². The quantitative estimate of drug-likeness (QED) is 0.677. The Balaban J connectivity index is 2.46. The Kier molecular flexibility index (Phi) is 9.96. The van der Waals surface area contributed by atoms with Gasteiger partial charge in [0.25, 0.3) is 0 Å². The van der Waals surface area contributed by atoms with Crippen LogP contribution in [-0.4, -0.2) is 66.5 Å². The van der Waals surface area contributed by atoms with Crippen molar-refractivity contribution in [2.45, 2.75) is 65.3 Å². The normalized spacial score (nSPS) is 14.9. The van der Waals surface area contributed by atoms with Crippen LogP contribution in [0, 0.1) is 0 Å². The van der Waals surface area contributed by atoms with Gasteiger partial charge in [0.15, 0.2) is 0 Å². The molecule has 7 heteroatoms. The molecule has 1 rings (SSSR count). The highest BCUT2D eigenvalue weighted by molar-refractivity contribution is 6.35. The first-order valence-corrected chi connectivity index (χ1v) is 9.54. The molecule has 1 fully saturated rings. The van der Waals surface area contributed by atoms with E-state index in [0.29, 0.717) is 45.6 Å². The van der Waals surface area contributed by atoms with Crippen molar-refractivity contribution in [3.8, 4) is 0 Å². The molecule has 0 atom stereocenters. The second-order valence-corrected chi connectivity index (χ2v) is 6.43. The van der Waals surface area contributed by atoms with E-state index in [0.717, 1.165) is 25.7 Å². The Labute approximate surface area is 151 Å². The van der Waals surface area contributed by atoms with Crippen molar-refractivity contribution in [3.05, 3.63) is 0 Å². The molecule has 0 spiro atoms. The van der Waals surface area contributed by atoms with Crippen LogP contribution in [0.4, 0.5) is 4.79 Å². The monoisotopic (exact) mass is 355 g/mol. The van der Waals surface area contributed by atoms with Gasteiger partial charge in [-0.3, -0.25) is 9.59 Å².